The van der Waals surface area contributed by atoms with Crippen LogP contribution in [0.25, 0.3) is 0 Å². The number of nitrogens with zero attached hydrogens (tertiary/aromatic N) is 1. The van der Waals surface area contributed by atoms with Crippen LogP contribution in [-0.2, 0) is 13.3 Å². The van der Waals surface area contributed by atoms with Crippen molar-refractivity contribution in [2.45, 2.75) is 25.3 Å². The first-order valence-electron chi connectivity index (χ1n) is 6.31. The van der Waals surface area contributed by atoms with Gasteiger partial charge in [0, 0.05) is 46.5 Å². The summed E-state index contributed by atoms with van der Waals surface area (Å²) in [5.41, 5.74) is 0.214. The van der Waals surface area contributed by atoms with Crippen LogP contribution in [0.2, 0.25) is 5.54 Å². The Morgan fingerprint density at radius 1 is 1.33 bits per heavy atom. The van der Waals surface area contributed by atoms with Crippen molar-refractivity contribution in [3.63, 3.8) is 0 Å². The smallest absolute Gasteiger partial charge is 0.377 e. The molecule has 1 heterocycles. The van der Waals surface area contributed by atoms with Gasteiger partial charge >= 0.3 is 14.8 Å². The molecule has 1 N–H and O–H groups in total. The van der Waals surface area contributed by atoms with Crippen molar-refractivity contribution < 1.29 is 18.1 Å². The van der Waals surface area contributed by atoms with Gasteiger partial charge in [0.25, 0.3) is 0 Å². The quantitative estimate of drug-likeness (QED) is 0.674. The Bertz CT molecular complexity index is 266. The van der Waals surface area contributed by atoms with Crippen LogP contribution in [0.15, 0.2) is 0 Å². The molecule has 1 aliphatic rings. The van der Waals surface area contributed by atoms with E-state index in [2.05, 4.69) is 12.2 Å². The van der Waals surface area contributed by atoms with Crippen molar-refractivity contribution in [2.75, 3.05) is 41.0 Å². The summed E-state index contributed by atoms with van der Waals surface area (Å²) in [5.74, 6) is 0. The van der Waals surface area contributed by atoms with Gasteiger partial charge in [0.15, 0.2) is 0 Å². The summed E-state index contributed by atoms with van der Waals surface area (Å²) in [5, 5.41) is 2.80. The molecule has 0 bridgehead atoms. The number of hydrogen-bond acceptors (Lipinski definition) is 4. The predicted molar refractivity (Wildman–Crippen MR) is 70.4 cm³/mol. The van der Waals surface area contributed by atoms with Crippen molar-refractivity contribution >= 4 is 14.8 Å². The second-order valence-corrected chi connectivity index (χ2v) is 7.58. The maximum atomic E-state index is 11.5. The van der Waals surface area contributed by atoms with Gasteiger partial charge in [-0.05, 0) is 12.8 Å². The Morgan fingerprint density at radius 3 is 2.33 bits per heavy atom. The average Bonchev–Trinajstić information content (AvgIpc) is 2.81. The molecular formula is C11H24N2O4Si. The minimum Gasteiger partial charge on any atom is -0.377 e. The fourth-order valence-electron chi connectivity index (χ4n) is 2.42. The Labute approximate surface area is 110 Å². The summed E-state index contributed by atoms with van der Waals surface area (Å²) in [7, 11) is 2.29. The van der Waals surface area contributed by atoms with Crippen LogP contribution in [0.5, 0.6) is 0 Å². The highest BCUT2D eigenvalue weighted by Gasteiger charge is 2.46. The molecule has 1 aliphatic heterocycles. The van der Waals surface area contributed by atoms with Gasteiger partial charge in [0.2, 0.25) is 0 Å². The monoisotopic (exact) mass is 276 g/mol. The molecule has 1 atom stereocenters. The number of nitrogens with one attached hydrogen (secondary N) is 1. The fraction of sp³-hybridized carbons (Fsp3) is 0.909. The Balaban J connectivity index is 2.57. The summed E-state index contributed by atoms with van der Waals surface area (Å²) < 4.78 is 16.5. The zero-order valence-corrected chi connectivity index (χ0v) is 12.7. The van der Waals surface area contributed by atoms with E-state index < -0.39 is 8.80 Å². The lowest BCUT2D eigenvalue weighted by Gasteiger charge is -2.32. The summed E-state index contributed by atoms with van der Waals surface area (Å²) >= 11 is 0. The third-order valence-electron chi connectivity index (χ3n) is 3.54. The first-order chi connectivity index (χ1) is 8.63. The van der Waals surface area contributed by atoms with Gasteiger partial charge in [-0.1, -0.05) is 6.92 Å². The summed E-state index contributed by atoms with van der Waals surface area (Å²) in [4.78, 5) is 13.3. The number of urea groups is 1. The highest BCUT2D eigenvalue weighted by Crippen LogP contribution is 2.30. The topological polar surface area (TPSA) is 60.0 Å². The van der Waals surface area contributed by atoms with Crippen LogP contribution in [0.3, 0.4) is 0 Å². The van der Waals surface area contributed by atoms with Gasteiger partial charge in [0.05, 0.1) is 0 Å². The van der Waals surface area contributed by atoms with E-state index in [1.807, 2.05) is 4.90 Å². The molecular weight excluding hydrogens is 252 g/mol. The zero-order valence-electron chi connectivity index (χ0n) is 11.7. The maximum absolute atomic E-state index is 11.5. The van der Waals surface area contributed by atoms with Gasteiger partial charge in [-0.2, -0.15) is 0 Å². The molecule has 0 radical (unpaired) electrons. The van der Waals surface area contributed by atoms with Gasteiger partial charge in [0.1, 0.15) is 0 Å². The molecule has 0 aromatic heterocycles. The van der Waals surface area contributed by atoms with Gasteiger partial charge < -0.3 is 23.5 Å². The minimum absolute atomic E-state index is 0.0179. The normalized spacial score (nSPS) is 18.0. The molecule has 0 saturated carbocycles. The Morgan fingerprint density at radius 2 is 1.94 bits per heavy atom. The van der Waals surface area contributed by atoms with Crippen LogP contribution in [0.1, 0.15) is 19.8 Å². The van der Waals surface area contributed by atoms with E-state index in [9.17, 15) is 4.79 Å². The molecule has 0 aromatic carbocycles. The van der Waals surface area contributed by atoms with Gasteiger partial charge in [-0.3, -0.25) is 0 Å². The Hall–Kier alpha value is -0.633. The van der Waals surface area contributed by atoms with Crippen molar-refractivity contribution in [3.05, 3.63) is 0 Å². The highest BCUT2D eigenvalue weighted by molar-refractivity contribution is 6.62. The van der Waals surface area contributed by atoms with Gasteiger partial charge in [-0.25, -0.2) is 4.79 Å². The Kier molecular flexibility index (Phi) is 6.07. The molecule has 1 saturated heterocycles. The van der Waals surface area contributed by atoms with Crippen LogP contribution >= 0.6 is 0 Å². The van der Waals surface area contributed by atoms with Crippen molar-refractivity contribution in [3.8, 4) is 0 Å². The molecule has 0 aromatic rings. The summed E-state index contributed by atoms with van der Waals surface area (Å²) in [6.45, 7) is 4.32. The van der Waals surface area contributed by atoms with Crippen molar-refractivity contribution in [1.82, 2.24) is 10.2 Å². The SMILES string of the molecule is CCC(CCN1CCNC1=O)[Si](OC)(OC)OC. The molecule has 0 spiro atoms. The average molecular weight is 276 g/mol. The molecule has 18 heavy (non-hydrogen) atoms. The molecule has 1 unspecified atom stereocenters. The van der Waals surface area contributed by atoms with E-state index in [1.54, 1.807) is 21.3 Å². The largest absolute Gasteiger partial charge is 0.503 e. The van der Waals surface area contributed by atoms with Crippen LogP contribution in [0.4, 0.5) is 4.79 Å². The van der Waals surface area contributed by atoms with E-state index in [0.29, 0.717) is 0 Å². The number of rotatable bonds is 8. The number of carbonyl (C=O) groups is 1. The molecule has 0 aliphatic carbocycles. The molecule has 7 heteroatoms. The van der Waals surface area contributed by atoms with Gasteiger partial charge in [-0.15, -0.1) is 0 Å². The maximum Gasteiger partial charge on any atom is 0.503 e. The van der Waals surface area contributed by atoms with E-state index in [-0.39, 0.29) is 11.6 Å². The lowest BCUT2D eigenvalue weighted by atomic mass is 10.2. The minimum atomic E-state index is -2.60. The fourth-order valence-corrected chi connectivity index (χ4v) is 4.90. The molecule has 6 nitrogen and oxygen atoms in total. The van der Waals surface area contributed by atoms with Crippen LogP contribution < -0.4 is 5.32 Å². The standard InChI is InChI=1S/C11H24N2O4Si/c1-5-10(18(15-2,16-3)17-4)6-8-13-9-7-12-11(13)14/h10H,5-9H2,1-4H3,(H,12,14). The predicted octanol–water partition coefficient (Wildman–Crippen LogP) is 1.06. The second-order valence-electron chi connectivity index (χ2n) is 4.33. The van der Waals surface area contributed by atoms with Crippen LogP contribution in [0, 0.1) is 0 Å². The first kappa shape index (κ1) is 15.4. The lowest BCUT2D eigenvalue weighted by molar-refractivity contribution is 0.107. The zero-order chi connectivity index (χ0) is 13.6. The van der Waals surface area contributed by atoms with Crippen molar-refractivity contribution in [1.29, 1.82) is 0 Å². The number of amides is 2. The van der Waals surface area contributed by atoms with E-state index >= 15 is 0 Å². The third kappa shape index (κ3) is 3.22. The molecule has 1 rings (SSSR count). The first-order valence-corrected chi connectivity index (χ1v) is 8.12. The molecule has 2 amide bonds. The second kappa shape index (κ2) is 7.08. The third-order valence-corrected chi connectivity index (χ3v) is 6.94. The molecule has 1 fully saturated rings. The summed E-state index contributed by atoms with van der Waals surface area (Å²) in [6.07, 6.45) is 1.75. The summed E-state index contributed by atoms with van der Waals surface area (Å²) in [6, 6.07) is 0.0179. The van der Waals surface area contributed by atoms with Crippen LogP contribution in [-0.4, -0.2) is 60.7 Å². The van der Waals surface area contributed by atoms with Crippen molar-refractivity contribution in [2.24, 2.45) is 0 Å². The van der Waals surface area contributed by atoms with E-state index in [4.69, 9.17) is 13.3 Å². The molecule has 106 valence electrons. The number of hydrogen-bond donors (Lipinski definition) is 1. The number of carbonyl (C=O) groups excluding carboxylic acids is 1. The lowest BCUT2D eigenvalue weighted by Crippen LogP contribution is -2.48. The highest BCUT2D eigenvalue weighted by atomic mass is 28.4. The van der Waals surface area contributed by atoms with E-state index in [0.717, 1.165) is 32.5 Å². The van der Waals surface area contributed by atoms with E-state index in [1.165, 1.54) is 0 Å².